The molecule has 0 aliphatic carbocycles. The molecule has 0 saturated heterocycles. The molecule has 0 bridgehead atoms. The van der Waals surface area contributed by atoms with Gasteiger partial charge in [-0.15, -0.1) is 0 Å². The minimum Gasteiger partial charge on any atom is -0.354 e. The van der Waals surface area contributed by atoms with Crippen molar-refractivity contribution >= 4 is 43.5 Å². The Morgan fingerprint density at radius 3 is 2.56 bits per heavy atom. The maximum atomic E-state index is 12.9. The Labute approximate surface area is 118 Å². The highest BCUT2D eigenvalue weighted by molar-refractivity contribution is 9.11. The number of nitrogens with zero attached hydrogens (tertiary/aromatic N) is 1. The molecular formula is C10H8Br2F3N3. The summed E-state index contributed by atoms with van der Waals surface area (Å²) in [5.41, 5.74) is -0.793. The van der Waals surface area contributed by atoms with Gasteiger partial charge in [0.2, 0.25) is 0 Å². The Hall–Kier alpha value is -0.760. The lowest BCUT2D eigenvalue weighted by atomic mass is 10.1. The molecule has 0 atom stereocenters. The topological polar surface area (TPSA) is 36.4 Å². The molecule has 0 radical (unpaired) electrons. The molecule has 1 aliphatic heterocycles. The van der Waals surface area contributed by atoms with Crippen molar-refractivity contribution in [3.8, 4) is 0 Å². The summed E-state index contributed by atoms with van der Waals surface area (Å²) >= 11 is 6.17. The molecule has 1 aromatic rings. The number of halogens is 5. The zero-order valence-electron chi connectivity index (χ0n) is 8.91. The van der Waals surface area contributed by atoms with E-state index in [1.54, 1.807) is 6.07 Å². The highest BCUT2D eigenvalue weighted by Crippen LogP contribution is 2.40. The van der Waals surface area contributed by atoms with Gasteiger partial charge < -0.3 is 10.6 Å². The van der Waals surface area contributed by atoms with Crippen LogP contribution in [0.4, 0.5) is 18.9 Å². The van der Waals surface area contributed by atoms with Gasteiger partial charge in [-0.1, -0.05) is 15.9 Å². The fourth-order valence-electron chi connectivity index (χ4n) is 1.52. The van der Waals surface area contributed by atoms with E-state index in [9.17, 15) is 13.2 Å². The van der Waals surface area contributed by atoms with Gasteiger partial charge in [0.1, 0.15) is 0 Å². The first-order valence-corrected chi connectivity index (χ1v) is 6.58. The summed E-state index contributed by atoms with van der Waals surface area (Å²) in [5.74, 6) is 0.350. The van der Waals surface area contributed by atoms with Gasteiger partial charge in [-0.25, -0.2) is 0 Å². The van der Waals surface area contributed by atoms with E-state index in [0.29, 0.717) is 28.0 Å². The number of anilines is 1. The van der Waals surface area contributed by atoms with Crippen molar-refractivity contribution in [1.82, 2.24) is 5.32 Å². The van der Waals surface area contributed by atoms with Gasteiger partial charge in [0, 0.05) is 15.5 Å². The van der Waals surface area contributed by atoms with E-state index >= 15 is 0 Å². The lowest BCUT2D eigenvalue weighted by molar-refractivity contribution is -0.137. The molecule has 3 nitrogen and oxygen atoms in total. The molecule has 98 valence electrons. The maximum Gasteiger partial charge on any atom is 0.418 e. The second kappa shape index (κ2) is 5.08. The van der Waals surface area contributed by atoms with Crippen LogP contribution in [-0.4, -0.2) is 19.0 Å². The average molecular weight is 387 g/mol. The number of hydrogen-bond donors (Lipinski definition) is 2. The van der Waals surface area contributed by atoms with Crippen LogP contribution in [0.5, 0.6) is 0 Å². The highest BCUT2D eigenvalue weighted by atomic mass is 79.9. The van der Waals surface area contributed by atoms with E-state index in [0.717, 1.165) is 6.07 Å². The number of rotatable bonds is 1. The van der Waals surface area contributed by atoms with Crippen molar-refractivity contribution in [2.24, 2.45) is 4.99 Å². The SMILES string of the molecule is FC(F)(F)c1cc(Br)cc(Br)c1NC1=NCCN1. The predicted molar refractivity (Wildman–Crippen MR) is 70.8 cm³/mol. The molecule has 2 rings (SSSR count). The molecule has 0 amide bonds. The molecule has 1 aliphatic rings. The minimum absolute atomic E-state index is 0.0427. The predicted octanol–water partition coefficient (Wildman–Crippen LogP) is 3.60. The quantitative estimate of drug-likeness (QED) is 0.773. The van der Waals surface area contributed by atoms with Crippen molar-refractivity contribution in [1.29, 1.82) is 0 Å². The summed E-state index contributed by atoms with van der Waals surface area (Å²) in [7, 11) is 0. The second-order valence-corrected chi connectivity index (χ2v) is 5.36. The van der Waals surface area contributed by atoms with E-state index in [1.165, 1.54) is 0 Å². The standard InChI is InChI=1S/C10H8Br2F3N3/c11-5-3-6(10(13,14)15)8(7(12)4-5)18-9-16-1-2-17-9/h3-4H,1-2H2,(H2,16,17,18). The third-order valence-electron chi connectivity index (χ3n) is 2.28. The molecule has 0 unspecified atom stereocenters. The van der Waals surface area contributed by atoms with Crippen molar-refractivity contribution in [3.63, 3.8) is 0 Å². The smallest absolute Gasteiger partial charge is 0.354 e. The zero-order valence-corrected chi connectivity index (χ0v) is 12.1. The molecular weight excluding hydrogens is 379 g/mol. The van der Waals surface area contributed by atoms with Gasteiger partial charge in [-0.05, 0) is 28.1 Å². The number of aliphatic imine (C=N–C) groups is 1. The normalized spacial score (nSPS) is 15.3. The summed E-state index contributed by atoms with van der Waals surface area (Å²) in [6.45, 7) is 1.18. The first kappa shape index (κ1) is 13.7. The Morgan fingerprint density at radius 1 is 1.28 bits per heavy atom. The van der Waals surface area contributed by atoms with Crippen LogP contribution in [0.1, 0.15) is 5.56 Å². The number of benzene rings is 1. The summed E-state index contributed by atoms with van der Waals surface area (Å²) in [5, 5.41) is 5.53. The average Bonchev–Trinajstić information content (AvgIpc) is 2.72. The largest absolute Gasteiger partial charge is 0.418 e. The molecule has 18 heavy (non-hydrogen) atoms. The first-order chi connectivity index (χ1) is 8.38. The van der Waals surface area contributed by atoms with Gasteiger partial charge in [0.05, 0.1) is 17.8 Å². The number of nitrogens with one attached hydrogen (secondary N) is 2. The van der Waals surface area contributed by atoms with Crippen LogP contribution in [0.2, 0.25) is 0 Å². The van der Waals surface area contributed by atoms with Crippen molar-refractivity contribution in [2.45, 2.75) is 6.18 Å². The Morgan fingerprint density at radius 2 is 2.00 bits per heavy atom. The maximum absolute atomic E-state index is 12.9. The Balaban J connectivity index is 2.43. The van der Waals surface area contributed by atoms with E-state index in [1.807, 2.05) is 0 Å². The van der Waals surface area contributed by atoms with Gasteiger partial charge in [0.25, 0.3) is 0 Å². The number of alkyl halides is 3. The van der Waals surface area contributed by atoms with Crippen LogP contribution in [0.25, 0.3) is 0 Å². The van der Waals surface area contributed by atoms with Crippen LogP contribution in [0, 0.1) is 0 Å². The van der Waals surface area contributed by atoms with Crippen molar-refractivity contribution in [3.05, 3.63) is 26.6 Å². The summed E-state index contributed by atoms with van der Waals surface area (Å²) in [6.07, 6.45) is -4.44. The molecule has 1 heterocycles. The molecule has 0 spiro atoms. The third kappa shape index (κ3) is 2.97. The minimum atomic E-state index is -4.44. The molecule has 2 N–H and O–H groups in total. The summed E-state index contributed by atoms with van der Waals surface area (Å²) < 4.78 is 39.5. The Bertz CT molecular complexity index is 500. The van der Waals surface area contributed by atoms with Crippen molar-refractivity contribution < 1.29 is 13.2 Å². The van der Waals surface area contributed by atoms with E-state index < -0.39 is 11.7 Å². The van der Waals surface area contributed by atoms with Crippen LogP contribution in [0.15, 0.2) is 26.1 Å². The van der Waals surface area contributed by atoms with Gasteiger partial charge in [0.15, 0.2) is 5.96 Å². The zero-order chi connectivity index (χ0) is 13.3. The molecule has 0 fully saturated rings. The molecule has 0 saturated carbocycles. The number of hydrogen-bond acceptors (Lipinski definition) is 3. The van der Waals surface area contributed by atoms with Gasteiger partial charge in [-0.3, -0.25) is 4.99 Å². The fraction of sp³-hybridized carbons (Fsp3) is 0.300. The van der Waals surface area contributed by atoms with Crippen LogP contribution >= 0.6 is 31.9 Å². The van der Waals surface area contributed by atoms with E-state index in [-0.39, 0.29) is 5.69 Å². The molecule has 8 heteroatoms. The highest BCUT2D eigenvalue weighted by Gasteiger charge is 2.35. The van der Waals surface area contributed by atoms with Gasteiger partial charge in [-0.2, -0.15) is 13.2 Å². The monoisotopic (exact) mass is 385 g/mol. The first-order valence-electron chi connectivity index (χ1n) is 4.99. The van der Waals surface area contributed by atoms with Crippen LogP contribution in [-0.2, 0) is 6.18 Å². The van der Waals surface area contributed by atoms with Gasteiger partial charge >= 0.3 is 6.18 Å². The summed E-state index contributed by atoms with van der Waals surface area (Å²) in [6, 6.07) is 2.58. The third-order valence-corrected chi connectivity index (χ3v) is 3.36. The lowest BCUT2D eigenvalue weighted by Crippen LogP contribution is -2.27. The lowest BCUT2D eigenvalue weighted by Gasteiger charge is -2.16. The van der Waals surface area contributed by atoms with Crippen LogP contribution in [0.3, 0.4) is 0 Å². The van der Waals surface area contributed by atoms with E-state index in [4.69, 9.17) is 0 Å². The van der Waals surface area contributed by atoms with E-state index in [2.05, 4.69) is 47.5 Å². The fourth-order valence-corrected chi connectivity index (χ4v) is 2.85. The Kier molecular flexibility index (Phi) is 3.86. The summed E-state index contributed by atoms with van der Waals surface area (Å²) in [4.78, 5) is 4.01. The van der Waals surface area contributed by atoms with Crippen LogP contribution < -0.4 is 10.6 Å². The second-order valence-electron chi connectivity index (χ2n) is 3.59. The van der Waals surface area contributed by atoms with Crippen molar-refractivity contribution in [2.75, 3.05) is 18.4 Å². The molecule has 0 aromatic heterocycles. The number of guanidine groups is 1. The molecule has 1 aromatic carbocycles.